The van der Waals surface area contributed by atoms with Gasteiger partial charge in [0.15, 0.2) is 6.61 Å². The van der Waals surface area contributed by atoms with Gasteiger partial charge in [0.2, 0.25) is 0 Å². The third-order valence-corrected chi connectivity index (χ3v) is 4.09. The SMILES string of the molecule is N#CCc1ccc(NC(=O)COc2ccccc2Cc2ccccc2)cc1. The van der Waals surface area contributed by atoms with E-state index in [0.29, 0.717) is 17.9 Å². The van der Waals surface area contributed by atoms with Gasteiger partial charge in [-0.2, -0.15) is 5.26 Å². The Morgan fingerprint density at radius 1 is 0.889 bits per heavy atom. The van der Waals surface area contributed by atoms with Gasteiger partial charge in [-0.3, -0.25) is 4.79 Å². The number of hydrogen-bond donors (Lipinski definition) is 1. The van der Waals surface area contributed by atoms with E-state index in [1.807, 2.05) is 54.6 Å². The van der Waals surface area contributed by atoms with Crippen molar-refractivity contribution >= 4 is 11.6 Å². The number of ether oxygens (including phenoxy) is 1. The molecule has 27 heavy (non-hydrogen) atoms. The molecule has 0 aliphatic carbocycles. The van der Waals surface area contributed by atoms with Crippen molar-refractivity contribution in [3.8, 4) is 11.8 Å². The molecule has 3 rings (SSSR count). The van der Waals surface area contributed by atoms with Crippen molar-refractivity contribution in [2.75, 3.05) is 11.9 Å². The Kier molecular flexibility index (Phi) is 6.21. The molecule has 0 bridgehead atoms. The lowest BCUT2D eigenvalue weighted by molar-refractivity contribution is -0.118. The number of benzene rings is 3. The van der Waals surface area contributed by atoms with Gasteiger partial charge in [-0.25, -0.2) is 0 Å². The van der Waals surface area contributed by atoms with Crippen LogP contribution in [0, 0.1) is 11.3 Å². The summed E-state index contributed by atoms with van der Waals surface area (Å²) in [7, 11) is 0. The summed E-state index contributed by atoms with van der Waals surface area (Å²) in [6.45, 7) is -0.0637. The Morgan fingerprint density at radius 2 is 1.59 bits per heavy atom. The molecule has 1 N–H and O–H groups in total. The first-order valence-corrected chi connectivity index (χ1v) is 8.75. The Bertz CT molecular complexity index is 929. The topological polar surface area (TPSA) is 62.1 Å². The highest BCUT2D eigenvalue weighted by atomic mass is 16.5. The van der Waals surface area contributed by atoms with Crippen molar-refractivity contribution in [2.45, 2.75) is 12.8 Å². The summed E-state index contributed by atoms with van der Waals surface area (Å²) in [4.78, 5) is 12.2. The highest BCUT2D eigenvalue weighted by Gasteiger charge is 2.08. The average molecular weight is 356 g/mol. The van der Waals surface area contributed by atoms with Crippen molar-refractivity contribution in [3.63, 3.8) is 0 Å². The molecule has 1 amide bonds. The van der Waals surface area contributed by atoms with E-state index < -0.39 is 0 Å². The first kappa shape index (κ1) is 18.2. The molecule has 0 saturated heterocycles. The first-order chi connectivity index (χ1) is 13.2. The third kappa shape index (κ3) is 5.45. The van der Waals surface area contributed by atoms with Gasteiger partial charge in [0.25, 0.3) is 5.91 Å². The lowest BCUT2D eigenvalue weighted by Crippen LogP contribution is -2.20. The Labute approximate surface area is 159 Å². The highest BCUT2D eigenvalue weighted by molar-refractivity contribution is 5.91. The smallest absolute Gasteiger partial charge is 0.262 e. The summed E-state index contributed by atoms with van der Waals surface area (Å²) >= 11 is 0. The second-order valence-electron chi connectivity index (χ2n) is 6.14. The normalized spacial score (nSPS) is 10.0. The molecule has 0 saturated carbocycles. The van der Waals surface area contributed by atoms with Gasteiger partial charge in [-0.1, -0.05) is 60.7 Å². The van der Waals surface area contributed by atoms with Crippen LogP contribution in [0.1, 0.15) is 16.7 Å². The third-order valence-electron chi connectivity index (χ3n) is 4.09. The van der Waals surface area contributed by atoms with E-state index in [4.69, 9.17) is 10.00 Å². The van der Waals surface area contributed by atoms with Crippen LogP contribution < -0.4 is 10.1 Å². The van der Waals surface area contributed by atoms with E-state index in [0.717, 1.165) is 17.5 Å². The maximum Gasteiger partial charge on any atom is 0.262 e. The van der Waals surface area contributed by atoms with Gasteiger partial charge in [-0.15, -0.1) is 0 Å². The summed E-state index contributed by atoms with van der Waals surface area (Å²) < 4.78 is 5.75. The summed E-state index contributed by atoms with van der Waals surface area (Å²) in [5, 5.41) is 11.5. The van der Waals surface area contributed by atoms with Gasteiger partial charge >= 0.3 is 0 Å². The maximum absolute atomic E-state index is 12.2. The molecule has 3 aromatic carbocycles. The number of anilines is 1. The number of nitrogens with zero attached hydrogens (tertiary/aromatic N) is 1. The Hall–Kier alpha value is -3.58. The number of nitrogens with one attached hydrogen (secondary N) is 1. The van der Waals surface area contributed by atoms with E-state index in [2.05, 4.69) is 23.5 Å². The summed E-state index contributed by atoms with van der Waals surface area (Å²) in [5.41, 5.74) is 3.83. The quantitative estimate of drug-likeness (QED) is 0.684. The molecule has 4 heteroatoms. The second kappa shape index (κ2) is 9.21. The van der Waals surface area contributed by atoms with E-state index in [9.17, 15) is 4.79 Å². The highest BCUT2D eigenvalue weighted by Crippen LogP contribution is 2.21. The molecule has 0 unspecified atom stereocenters. The fraction of sp³-hybridized carbons (Fsp3) is 0.130. The largest absolute Gasteiger partial charge is 0.483 e. The molecule has 0 fully saturated rings. The molecule has 0 spiro atoms. The number of para-hydroxylation sites is 1. The summed E-state index contributed by atoms with van der Waals surface area (Å²) in [6.07, 6.45) is 1.11. The number of carbonyl (C=O) groups excluding carboxylic acids is 1. The molecule has 0 aromatic heterocycles. The average Bonchev–Trinajstić information content (AvgIpc) is 2.70. The Morgan fingerprint density at radius 3 is 2.33 bits per heavy atom. The van der Waals surface area contributed by atoms with Crippen molar-refractivity contribution in [1.82, 2.24) is 0 Å². The second-order valence-corrected chi connectivity index (χ2v) is 6.14. The number of carbonyl (C=O) groups is 1. The lowest BCUT2D eigenvalue weighted by atomic mass is 10.0. The number of rotatable bonds is 7. The summed E-state index contributed by atoms with van der Waals surface area (Å²) in [5.74, 6) is 0.485. The van der Waals surface area contributed by atoms with Crippen LogP contribution in [-0.2, 0) is 17.6 Å². The monoisotopic (exact) mass is 356 g/mol. The molecular formula is C23H20N2O2. The minimum Gasteiger partial charge on any atom is -0.483 e. The minimum atomic E-state index is -0.224. The standard InChI is InChI=1S/C23H20N2O2/c24-15-14-18-10-12-21(13-11-18)25-23(26)17-27-22-9-5-4-8-20(22)16-19-6-2-1-3-7-19/h1-13H,14,16-17H2,(H,25,26). The minimum absolute atomic E-state index is 0.0637. The predicted molar refractivity (Wildman–Crippen MR) is 106 cm³/mol. The molecule has 0 heterocycles. The fourth-order valence-corrected chi connectivity index (χ4v) is 2.74. The predicted octanol–water partition coefficient (Wildman–Crippen LogP) is 4.36. The summed E-state index contributed by atoms with van der Waals surface area (Å²) in [6, 6.07) is 27.2. The van der Waals surface area contributed by atoms with E-state index in [-0.39, 0.29) is 12.5 Å². The van der Waals surface area contributed by atoms with Crippen LogP contribution in [0.3, 0.4) is 0 Å². The van der Waals surface area contributed by atoms with Crippen LogP contribution in [0.5, 0.6) is 5.75 Å². The fourth-order valence-electron chi connectivity index (χ4n) is 2.74. The van der Waals surface area contributed by atoms with Gasteiger partial charge in [-0.05, 0) is 34.9 Å². The van der Waals surface area contributed by atoms with Gasteiger partial charge in [0.1, 0.15) is 5.75 Å². The van der Waals surface area contributed by atoms with Crippen LogP contribution in [0.15, 0.2) is 78.9 Å². The Balaban J connectivity index is 1.58. The molecule has 0 aliphatic rings. The molecule has 3 aromatic rings. The van der Waals surface area contributed by atoms with Gasteiger partial charge in [0, 0.05) is 12.1 Å². The van der Waals surface area contributed by atoms with E-state index >= 15 is 0 Å². The van der Waals surface area contributed by atoms with Crippen LogP contribution in [0.4, 0.5) is 5.69 Å². The van der Waals surface area contributed by atoms with Crippen LogP contribution in [0.2, 0.25) is 0 Å². The van der Waals surface area contributed by atoms with Crippen LogP contribution >= 0.6 is 0 Å². The van der Waals surface area contributed by atoms with Crippen LogP contribution in [0.25, 0.3) is 0 Å². The van der Waals surface area contributed by atoms with E-state index in [1.54, 1.807) is 12.1 Å². The van der Waals surface area contributed by atoms with Crippen LogP contribution in [-0.4, -0.2) is 12.5 Å². The number of hydrogen-bond acceptors (Lipinski definition) is 3. The zero-order valence-electron chi connectivity index (χ0n) is 14.9. The lowest BCUT2D eigenvalue weighted by Gasteiger charge is -2.12. The number of amides is 1. The van der Waals surface area contributed by atoms with Gasteiger partial charge in [0.05, 0.1) is 12.5 Å². The first-order valence-electron chi connectivity index (χ1n) is 8.75. The van der Waals surface area contributed by atoms with E-state index in [1.165, 1.54) is 5.56 Å². The van der Waals surface area contributed by atoms with Gasteiger partial charge < -0.3 is 10.1 Å². The molecule has 0 aliphatic heterocycles. The molecule has 0 radical (unpaired) electrons. The molecular weight excluding hydrogens is 336 g/mol. The van der Waals surface area contributed by atoms with Crippen molar-refractivity contribution < 1.29 is 9.53 Å². The molecule has 134 valence electrons. The van der Waals surface area contributed by atoms with Crippen molar-refractivity contribution in [3.05, 3.63) is 95.6 Å². The maximum atomic E-state index is 12.2. The van der Waals surface area contributed by atoms with Crippen molar-refractivity contribution in [2.24, 2.45) is 0 Å². The zero-order chi connectivity index (χ0) is 18.9. The molecule has 0 atom stereocenters. The number of nitriles is 1. The zero-order valence-corrected chi connectivity index (χ0v) is 14.9. The van der Waals surface area contributed by atoms with Crippen molar-refractivity contribution in [1.29, 1.82) is 5.26 Å². The molecule has 4 nitrogen and oxygen atoms in total.